The van der Waals surface area contributed by atoms with Crippen LogP contribution in [0.5, 0.6) is 0 Å². The summed E-state index contributed by atoms with van der Waals surface area (Å²) in [6.45, 7) is 7.66. The Kier molecular flexibility index (Phi) is 7.90. The standard InChI is InChI=1S/C16H23NO3S/c1-4-11-17(12-5-2)16(19)21-14-10-8-7-9-13(14)15(18)20-6-3/h7-10H,4-6,11-12H2,1-3H3. The maximum atomic E-state index is 12.4. The number of benzene rings is 1. The summed E-state index contributed by atoms with van der Waals surface area (Å²) in [5.74, 6) is -0.383. The SMILES string of the molecule is CCCN(CCC)C(=O)Sc1ccccc1C(=O)OCC. The quantitative estimate of drug-likeness (QED) is 0.559. The Hall–Kier alpha value is -1.49. The van der Waals surface area contributed by atoms with Gasteiger partial charge in [-0.15, -0.1) is 0 Å². The summed E-state index contributed by atoms with van der Waals surface area (Å²) in [4.78, 5) is 26.7. The van der Waals surface area contributed by atoms with Crippen molar-refractivity contribution >= 4 is 23.0 Å². The Balaban J connectivity index is 2.86. The van der Waals surface area contributed by atoms with Gasteiger partial charge in [0.15, 0.2) is 0 Å². The summed E-state index contributed by atoms with van der Waals surface area (Å²) in [5.41, 5.74) is 0.450. The Morgan fingerprint density at radius 1 is 1.10 bits per heavy atom. The summed E-state index contributed by atoms with van der Waals surface area (Å²) < 4.78 is 5.03. The van der Waals surface area contributed by atoms with Crippen LogP contribution < -0.4 is 0 Å². The first-order chi connectivity index (χ1) is 10.1. The number of carbonyl (C=O) groups excluding carboxylic acids is 2. The third kappa shape index (κ3) is 5.42. The van der Waals surface area contributed by atoms with Crippen molar-refractivity contribution in [2.24, 2.45) is 0 Å². The molecule has 0 radical (unpaired) electrons. The molecule has 0 heterocycles. The zero-order valence-electron chi connectivity index (χ0n) is 12.9. The Morgan fingerprint density at radius 2 is 1.71 bits per heavy atom. The molecule has 0 aliphatic rings. The summed E-state index contributed by atoms with van der Waals surface area (Å²) in [6, 6.07) is 7.07. The second-order valence-electron chi connectivity index (χ2n) is 4.57. The van der Waals surface area contributed by atoms with E-state index < -0.39 is 0 Å². The van der Waals surface area contributed by atoms with Crippen molar-refractivity contribution in [3.63, 3.8) is 0 Å². The first-order valence-electron chi connectivity index (χ1n) is 7.36. The van der Waals surface area contributed by atoms with Gasteiger partial charge in [0.2, 0.25) is 0 Å². The van der Waals surface area contributed by atoms with E-state index in [9.17, 15) is 9.59 Å². The summed E-state index contributed by atoms with van der Waals surface area (Å²) in [7, 11) is 0. The van der Waals surface area contributed by atoms with Gasteiger partial charge in [-0.05, 0) is 43.7 Å². The van der Waals surface area contributed by atoms with Gasteiger partial charge in [-0.1, -0.05) is 26.0 Å². The molecule has 5 heteroatoms. The highest BCUT2D eigenvalue weighted by Gasteiger charge is 2.18. The third-order valence-electron chi connectivity index (χ3n) is 2.82. The van der Waals surface area contributed by atoms with Gasteiger partial charge in [0.05, 0.1) is 12.2 Å². The van der Waals surface area contributed by atoms with E-state index in [2.05, 4.69) is 0 Å². The Labute approximate surface area is 130 Å². The van der Waals surface area contributed by atoms with E-state index in [1.165, 1.54) is 0 Å². The van der Waals surface area contributed by atoms with Crippen LogP contribution in [0.25, 0.3) is 0 Å². The lowest BCUT2D eigenvalue weighted by Gasteiger charge is -2.21. The van der Waals surface area contributed by atoms with Gasteiger partial charge in [-0.2, -0.15) is 0 Å². The first-order valence-corrected chi connectivity index (χ1v) is 8.18. The lowest BCUT2D eigenvalue weighted by atomic mass is 10.2. The molecule has 1 rings (SSSR count). The van der Waals surface area contributed by atoms with Crippen molar-refractivity contribution in [2.75, 3.05) is 19.7 Å². The Bertz CT molecular complexity index is 470. The van der Waals surface area contributed by atoms with E-state index in [1.54, 1.807) is 25.1 Å². The van der Waals surface area contributed by atoms with E-state index in [0.717, 1.165) is 37.7 Å². The molecule has 21 heavy (non-hydrogen) atoms. The number of hydrogen-bond acceptors (Lipinski definition) is 4. The van der Waals surface area contributed by atoms with Crippen LogP contribution in [0.3, 0.4) is 0 Å². The minimum Gasteiger partial charge on any atom is -0.462 e. The van der Waals surface area contributed by atoms with Crippen LogP contribution in [0.2, 0.25) is 0 Å². The lowest BCUT2D eigenvalue weighted by Crippen LogP contribution is -2.29. The van der Waals surface area contributed by atoms with Crippen molar-refractivity contribution in [3.8, 4) is 0 Å². The predicted molar refractivity (Wildman–Crippen MR) is 85.8 cm³/mol. The van der Waals surface area contributed by atoms with E-state index in [4.69, 9.17) is 4.74 Å². The minimum absolute atomic E-state index is 0.0181. The predicted octanol–water partition coefficient (Wildman–Crippen LogP) is 4.20. The van der Waals surface area contributed by atoms with Gasteiger partial charge in [0, 0.05) is 18.0 Å². The van der Waals surface area contributed by atoms with Crippen LogP contribution in [0.15, 0.2) is 29.2 Å². The van der Waals surface area contributed by atoms with Crippen molar-refractivity contribution in [1.29, 1.82) is 0 Å². The van der Waals surface area contributed by atoms with Gasteiger partial charge in [-0.25, -0.2) is 4.79 Å². The molecule has 0 fully saturated rings. The molecule has 1 aromatic carbocycles. The molecule has 0 saturated carbocycles. The lowest BCUT2D eigenvalue weighted by molar-refractivity contribution is 0.0522. The van der Waals surface area contributed by atoms with Gasteiger partial charge in [-0.3, -0.25) is 4.79 Å². The van der Waals surface area contributed by atoms with Crippen molar-refractivity contribution < 1.29 is 14.3 Å². The fraction of sp³-hybridized carbons (Fsp3) is 0.500. The topological polar surface area (TPSA) is 46.6 Å². The first kappa shape index (κ1) is 17.6. The van der Waals surface area contributed by atoms with Crippen LogP contribution in [-0.4, -0.2) is 35.8 Å². The molecule has 116 valence electrons. The molecule has 0 spiro atoms. The molecule has 0 aliphatic heterocycles. The van der Waals surface area contributed by atoms with Crippen molar-refractivity contribution in [2.45, 2.75) is 38.5 Å². The van der Waals surface area contributed by atoms with Gasteiger partial charge in [0.1, 0.15) is 0 Å². The molecule has 0 saturated heterocycles. The third-order valence-corrected chi connectivity index (χ3v) is 3.83. The molecule has 0 aromatic heterocycles. The smallest absolute Gasteiger partial charge is 0.339 e. The minimum atomic E-state index is -0.383. The normalized spacial score (nSPS) is 10.2. The summed E-state index contributed by atoms with van der Waals surface area (Å²) in [5, 5.41) is -0.0181. The van der Waals surface area contributed by atoms with E-state index in [1.807, 2.05) is 24.8 Å². The molecule has 0 bridgehead atoms. The fourth-order valence-electron chi connectivity index (χ4n) is 1.93. The number of nitrogens with zero attached hydrogens (tertiary/aromatic N) is 1. The van der Waals surface area contributed by atoms with Gasteiger partial charge < -0.3 is 9.64 Å². The van der Waals surface area contributed by atoms with Gasteiger partial charge >= 0.3 is 5.97 Å². The maximum Gasteiger partial charge on any atom is 0.339 e. The highest BCUT2D eigenvalue weighted by molar-refractivity contribution is 8.13. The van der Waals surface area contributed by atoms with E-state index >= 15 is 0 Å². The van der Waals surface area contributed by atoms with Crippen LogP contribution in [-0.2, 0) is 4.74 Å². The second-order valence-corrected chi connectivity index (χ2v) is 5.56. The summed E-state index contributed by atoms with van der Waals surface area (Å²) >= 11 is 1.10. The monoisotopic (exact) mass is 309 g/mol. The van der Waals surface area contributed by atoms with Crippen LogP contribution in [0, 0.1) is 0 Å². The number of ether oxygens (including phenoxy) is 1. The number of esters is 1. The number of amides is 1. The molecule has 1 aromatic rings. The summed E-state index contributed by atoms with van der Waals surface area (Å²) in [6.07, 6.45) is 1.84. The Morgan fingerprint density at radius 3 is 2.29 bits per heavy atom. The molecule has 0 aliphatic carbocycles. The average Bonchev–Trinajstić information content (AvgIpc) is 2.47. The molecule has 4 nitrogen and oxygen atoms in total. The molecule has 0 N–H and O–H groups in total. The maximum absolute atomic E-state index is 12.4. The highest BCUT2D eigenvalue weighted by Crippen LogP contribution is 2.26. The molecule has 1 amide bonds. The van der Waals surface area contributed by atoms with Gasteiger partial charge in [0.25, 0.3) is 5.24 Å². The fourth-order valence-corrected chi connectivity index (χ4v) is 2.83. The average molecular weight is 309 g/mol. The number of thioether (sulfide) groups is 1. The molecule has 0 unspecified atom stereocenters. The molecular weight excluding hydrogens is 286 g/mol. The van der Waals surface area contributed by atoms with E-state index in [0.29, 0.717) is 17.1 Å². The second kappa shape index (κ2) is 9.45. The number of carbonyl (C=O) groups is 2. The number of rotatable bonds is 7. The van der Waals surface area contributed by atoms with Crippen molar-refractivity contribution in [3.05, 3.63) is 29.8 Å². The van der Waals surface area contributed by atoms with Crippen molar-refractivity contribution in [1.82, 2.24) is 4.90 Å². The zero-order valence-corrected chi connectivity index (χ0v) is 13.7. The largest absolute Gasteiger partial charge is 0.462 e. The van der Waals surface area contributed by atoms with Crippen LogP contribution in [0.1, 0.15) is 44.0 Å². The molecule has 0 atom stereocenters. The van der Waals surface area contributed by atoms with E-state index in [-0.39, 0.29) is 11.2 Å². The van der Waals surface area contributed by atoms with Crippen LogP contribution in [0.4, 0.5) is 4.79 Å². The highest BCUT2D eigenvalue weighted by atomic mass is 32.2. The molecular formula is C16H23NO3S. The number of hydrogen-bond donors (Lipinski definition) is 0. The van der Waals surface area contributed by atoms with Crippen LogP contribution >= 0.6 is 11.8 Å². The zero-order chi connectivity index (χ0) is 15.7.